The Hall–Kier alpha value is -2.14. The Balaban J connectivity index is 2.53. The molecule has 0 aliphatic heterocycles. The van der Waals surface area contributed by atoms with E-state index < -0.39 is 0 Å². The minimum absolute atomic E-state index is 0.199. The molecule has 1 aromatic heterocycles. The minimum atomic E-state index is -0.339. The Morgan fingerprint density at radius 3 is 2.65 bits per heavy atom. The van der Waals surface area contributed by atoms with Gasteiger partial charge in [-0.3, -0.25) is 4.79 Å². The molecular weight excluding hydrogens is 218 g/mol. The van der Waals surface area contributed by atoms with Crippen LogP contribution in [0.25, 0.3) is 11.1 Å². The summed E-state index contributed by atoms with van der Waals surface area (Å²) in [6.07, 6.45) is 0. The van der Waals surface area contributed by atoms with Crippen LogP contribution in [0.15, 0.2) is 35.1 Å². The fraction of sp³-hybridized carbons (Fsp3) is 0.167. The van der Waals surface area contributed by atoms with Crippen LogP contribution in [0, 0.1) is 0 Å². The number of hydrogen-bond donors (Lipinski definition) is 3. The smallest absolute Gasteiger partial charge is 0.262 e. The molecule has 2 aromatic rings. The number of aromatic nitrogens is 2. The SMILES string of the molecule is CNCc1nc(O)c(-c2ccccc2)c(=O)[nH]1. The van der Waals surface area contributed by atoms with Crippen molar-refractivity contribution in [3.63, 3.8) is 0 Å². The number of hydrogen-bond acceptors (Lipinski definition) is 4. The number of rotatable bonds is 3. The summed E-state index contributed by atoms with van der Waals surface area (Å²) in [7, 11) is 1.74. The first-order chi connectivity index (χ1) is 8.22. The molecule has 1 aromatic carbocycles. The molecule has 0 saturated carbocycles. The maximum atomic E-state index is 11.9. The van der Waals surface area contributed by atoms with Gasteiger partial charge in [0.15, 0.2) is 0 Å². The van der Waals surface area contributed by atoms with Crippen molar-refractivity contribution in [3.05, 3.63) is 46.5 Å². The maximum absolute atomic E-state index is 11.9. The summed E-state index contributed by atoms with van der Waals surface area (Å²) in [6.45, 7) is 0.401. The topological polar surface area (TPSA) is 78.0 Å². The molecule has 0 fully saturated rings. The van der Waals surface area contributed by atoms with E-state index in [9.17, 15) is 9.90 Å². The lowest BCUT2D eigenvalue weighted by Gasteiger charge is -2.05. The van der Waals surface area contributed by atoms with Crippen molar-refractivity contribution < 1.29 is 5.11 Å². The van der Waals surface area contributed by atoms with E-state index in [4.69, 9.17) is 0 Å². The van der Waals surface area contributed by atoms with Gasteiger partial charge in [-0.15, -0.1) is 0 Å². The maximum Gasteiger partial charge on any atom is 0.262 e. The van der Waals surface area contributed by atoms with Crippen LogP contribution in [0.4, 0.5) is 0 Å². The standard InChI is InChI=1S/C12H13N3O2/c1-13-7-9-14-11(16)10(12(17)15-9)8-5-3-2-4-6-8/h2-6,13H,7H2,1H3,(H2,14,15,16,17). The largest absolute Gasteiger partial charge is 0.493 e. The molecule has 5 nitrogen and oxygen atoms in total. The molecular formula is C12H13N3O2. The van der Waals surface area contributed by atoms with Gasteiger partial charge in [0.05, 0.1) is 6.54 Å². The van der Waals surface area contributed by atoms with Gasteiger partial charge in [-0.2, -0.15) is 4.98 Å². The van der Waals surface area contributed by atoms with Crippen molar-refractivity contribution >= 4 is 0 Å². The normalized spacial score (nSPS) is 10.4. The zero-order valence-corrected chi connectivity index (χ0v) is 9.40. The monoisotopic (exact) mass is 231 g/mol. The van der Waals surface area contributed by atoms with Crippen LogP contribution < -0.4 is 10.9 Å². The number of nitrogens with one attached hydrogen (secondary N) is 2. The number of nitrogens with zero attached hydrogens (tertiary/aromatic N) is 1. The Morgan fingerprint density at radius 1 is 1.35 bits per heavy atom. The van der Waals surface area contributed by atoms with Crippen molar-refractivity contribution in [1.82, 2.24) is 15.3 Å². The molecule has 1 heterocycles. The fourth-order valence-corrected chi connectivity index (χ4v) is 1.62. The molecule has 5 heteroatoms. The van der Waals surface area contributed by atoms with Gasteiger partial charge in [0, 0.05) is 0 Å². The third-order valence-electron chi connectivity index (χ3n) is 2.36. The Morgan fingerprint density at radius 2 is 2.06 bits per heavy atom. The zero-order chi connectivity index (χ0) is 12.3. The number of benzene rings is 1. The van der Waals surface area contributed by atoms with Gasteiger partial charge >= 0.3 is 0 Å². The molecule has 0 aliphatic rings. The van der Waals surface area contributed by atoms with Crippen LogP contribution >= 0.6 is 0 Å². The van der Waals surface area contributed by atoms with Gasteiger partial charge in [0.25, 0.3) is 5.56 Å². The van der Waals surface area contributed by atoms with Crippen molar-refractivity contribution in [2.24, 2.45) is 0 Å². The van der Waals surface area contributed by atoms with Crippen LogP contribution in [0.2, 0.25) is 0 Å². The number of H-pyrrole nitrogens is 1. The van der Waals surface area contributed by atoms with Gasteiger partial charge in [0.1, 0.15) is 11.4 Å². The highest BCUT2D eigenvalue weighted by atomic mass is 16.3. The Kier molecular flexibility index (Phi) is 3.20. The average molecular weight is 231 g/mol. The van der Waals surface area contributed by atoms with Crippen LogP contribution in [-0.2, 0) is 6.54 Å². The lowest BCUT2D eigenvalue weighted by Crippen LogP contribution is -2.17. The lowest BCUT2D eigenvalue weighted by atomic mass is 10.1. The van der Waals surface area contributed by atoms with Crippen LogP contribution in [-0.4, -0.2) is 22.1 Å². The summed E-state index contributed by atoms with van der Waals surface area (Å²) in [6, 6.07) is 8.95. The second-order valence-corrected chi connectivity index (χ2v) is 3.61. The first-order valence-corrected chi connectivity index (χ1v) is 5.24. The van der Waals surface area contributed by atoms with E-state index in [-0.39, 0.29) is 17.0 Å². The summed E-state index contributed by atoms with van der Waals surface area (Å²) >= 11 is 0. The lowest BCUT2D eigenvalue weighted by molar-refractivity contribution is 0.449. The molecule has 88 valence electrons. The van der Waals surface area contributed by atoms with E-state index in [2.05, 4.69) is 15.3 Å². The van der Waals surface area contributed by atoms with Gasteiger partial charge in [-0.05, 0) is 12.6 Å². The molecule has 0 bridgehead atoms. The summed E-state index contributed by atoms with van der Waals surface area (Å²) in [5.74, 6) is 0.167. The van der Waals surface area contributed by atoms with Crippen molar-refractivity contribution in [3.8, 4) is 17.0 Å². The molecule has 0 amide bonds. The van der Waals surface area contributed by atoms with Crippen molar-refractivity contribution in [1.29, 1.82) is 0 Å². The molecule has 2 rings (SSSR count). The summed E-state index contributed by atoms with van der Waals surface area (Å²) in [5.41, 5.74) is 0.508. The third-order valence-corrected chi connectivity index (χ3v) is 2.36. The minimum Gasteiger partial charge on any atom is -0.493 e. The third kappa shape index (κ3) is 2.34. The Bertz CT molecular complexity index is 564. The number of aromatic hydroxyl groups is 1. The highest BCUT2D eigenvalue weighted by Crippen LogP contribution is 2.22. The van der Waals surface area contributed by atoms with E-state index in [1.807, 2.05) is 6.07 Å². The molecule has 0 atom stereocenters. The Labute approximate surface area is 98.2 Å². The second-order valence-electron chi connectivity index (χ2n) is 3.61. The fourth-order valence-electron chi connectivity index (χ4n) is 1.62. The molecule has 0 aliphatic carbocycles. The molecule has 0 spiro atoms. The summed E-state index contributed by atoms with van der Waals surface area (Å²) in [5, 5.41) is 12.6. The van der Waals surface area contributed by atoms with Crippen molar-refractivity contribution in [2.45, 2.75) is 6.54 Å². The zero-order valence-electron chi connectivity index (χ0n) is 9.40. The molecule has 3 N–H and O–H groups in total. The summed E-state index contributed by atoms with van der Waals surface area (Å²) in [4.78, 5) is 18.4. The quantitative estimate of drug-likeness (QED) is 0.732. The van der Waals surface area contributed by atoms with Gasteiger partial charge < -0.3 is 15.4 Å². The predicted octanol–water partition coefficient (Wildman–Crippen LogP) is 0.862. The van der Waals surface area contributed by atoms with E-state index in [1.54, 1.807) is 31.3 Å². The highest BCUT2D eigenvalue weighted by Gasteiger charge is 2.11. The van der Waals surface area contributed by atoms with E-state index in [0.29, 0.717) is 17.9 Å². The first kappa shape index (κ1) is 11.3. The van der Waals surface area contributed by atoms with E-state index in [1.165, 1.54) is 0 Å². The highest BCUT2D eigenvalue weighted by molar-refractivity contribution is 5.66. The van der Waals surface area contributed by atoms with E-state index >= 15 is 0 Å². The van der Waals surface area contributed by atoms with Crippen LogP contribution in [0.5, 0.6) is 5.88 Å². The van der Waals surface area contributed by atoms with Crippen LogP contribution in [0.3, 0.4) is 0 Å². The average Bonchev–Trinajstić information content (AvgIpc) is 2.30. The first-order valence-electron chi connectivity index (χ1n) is 5.24. The van der Waals surface area contributed by atoms with E-state index in [0.717, 1.165) is 0 Å². The predicted molar refractivity (Wildman–Crippen MR) is 64.7 cm³/mol. The molecule has 0 unspecified atom stereocenters. The summed E-state index contributed by atoms with van der Waals surface area (Å²) < 4.78 is 0. The van der Waals surface area contributed by atoms with Crippen molar-refractivity contribution in [2.75, 3.05) is 7.05 Å². The van der Waals surface area contributed by atoms with Crippen LogP contribution in [0.1, 0.15) is 5.82 Å². The number of aromatic amines is 1. The molecule has 17 heavy (non-hydrogen) atoms. The van der Waals surface area contributed by atoms with Gasteiger partial charge in [-0.1, -0.05) is 30.3 Å². The molecule has 0 radical (unpaired) electrons. The second kappa shape index (κ2) is 4.80. The van der Waals surface area contributed by atoms with Gasteiger partial charge in [-0.25, -0.2) is 0 Å². The molecule has 0 saturated heterocycles. The van der Waals surface area contributed by atoms with Gasteiger partial charge in [0.2, 0.25) is 5.88 Å².